The van der Waals surface area contributed by atoms with E-state index in [-0.39, 0.29) is 37.5 Å². The van der Waals surface area contributed by atoms with Crippen molar-refractivity contribution in [3.63, 3.8) is 0 Å². The van der Waals surface area contributed by atoms with Crippen LogP contribution in [0.3, 0.4) is 0 Å². The fraction of sp³-hybridized carbons (Fsp3) is 0.0435. The lowest BCUT2D eigenvalue weighted by atomic mass is 10.1. The van der Waals surface area contributed by atoms with Crippen LogP contribution in [0, 0.1) is 0 Å². The third-order valence-electron chi connectivity index (χ3n) is 4.88. The summed E-state index contributed by atoms with van der Waals surface area (Å²) in [4.78, 5) is 26.4. The van der Waals surface area contributed by atoms with Crippen LogP contribution in [0.5, 0.6) is 5.75 Å². The summed E-state index contributed by atoms with van der Waals surface area (Å²) in [5.41, 5.74) is 7.32. The number of Topliss-reactive ketones (excluding diaryl/α,β-unsaturated/α-hetero) is 1. The molecule has 0 bridgehead atoms. The molecule has 4 rings (SSSR count). The van der Waals surface area contributed by atoms with Gasteiger partial charge in [-0.15, -0.1) is 0 Å². The van der Waals surface area contributed by atoms with Gasteiger partial charge in [-0.25, -0.2) is 13.2 Å². The van der Waals surface area contributed by atoms with Crippen molar-refractivity contribution in [1.82, 2.24) is 4.98 Å². The van der Waals surface area contributed by atoms with Crippen LogP contribution in [-0.4, -0.2) is 25.2 Å². The van der Waals surface area contributed by atoms with Gasteiger partial charge in [0.1, 0.15) is 4.90 Å². The number of ether oxygens (including phenoxy) is 1. The number of nitrogens with two attached hydrogens (primary N) is 1. The lowest BCUT2D eigenvalue weighted by molar-refractivity contribution is -0.145. The molecule has 0 unspecified atom stereocenters. The van der Waals surface area contributed by atoms with E-state index in [0.717, 1.165) is 6.92 Å². The summed E-state index contributed by atoms with van der Waals surface area (Å²) in [5.74, 6) is -1.77. The molecule has 0 fully saturated rings. The average molecular weight is 469 g/mol. The van der Waals surface area contributed by atoms with E-state index in [4.69, 9.17) is 22.1 Å². The van der Waals surface area contributed by atoms with E-state index in [1.54, 1.807) is 42.5 Å². The third kappa shape index (κ3) is 3.63. The molecule has 7 nitrogen and oxygen atoms in total. The molecule has 1 aromatic heterocycles. The average Bonchev–Trinajstić information content (AvgIpc) is 3.12. The fourth-order valence-electron chi connectivity index (χ4n) is 3.36. The summed E-state index contributed by atoms with van der Waals surface area (Å²) in [6, 6.07) is 17.7. The number of nitrogens with one attached hydrogen (secondary N) is 1. The summed E-state index contributed by atoms with van der Waals surface area (Å²) in [6.45, 7) is 1.10. The van der Waals surface area contributed by atoms with Crippen molar-refractivity contribution >= 4 is 49.8 Å². The minimum atomic E-state index is -4.04. The summed E-state index contributed by atoms with van der Waals surface area (Å²) < 4.78 is 31.9. The van der Waals surface area contributed by atoms with Gasteiger partial charge in [0, 0.05) is 23.4 Å². The fourth-order valence-corrected chi connectivity index (χ4v) is 5.30. The summed E-state index contributed by atoms with van der Waals surface area (Å²) in [5, 5.41) is 0.479. The Bertz CT molecular complexity index is 1480. The number of ketones is 1. The van der Waals surface area contributed by atoms with Gasteiger partial charge in [0.25, 0.3) is 0 Å². The normalized spacial score (nSPS) is 11.4. The maximum Gasteiger partial charge on any atom is 0.379 e. The van der Waals surface area contributed by atoms with Crippen molar-refractivity contribution in [1.29, 1.82) is 0 Å². The van der Waals surface area contributed by atoms with Crippen molar-refractivity contribution in [2.45, 2.75) is 16.7 Å². The second-order valence-corrected chi connectivity index (χ2v) is 9.27. The van der Waals surface area contributed by atoms with Gasteiger partial charge in [-0.05, 0) is 36.4 Å². The number of aromatic nitrogens is 1. The minimum Gasteiger partial charge on any atom is -0.418 e. The lowest BCUT2D eigenvalue weighted by Gasteiger charge is -2.14. The van der Waals surface area contributed by atoms with Gasteiger partial charge >= 0.3 is 5.97 Å². The number of aromatic amines is 1. The van der Waals surface area contributed by atoms with Crippen LogP contribution in [0.25, 0.3) is 22.2 Å². The smallest absolute Gasteiger partial charge is 0.379 e. The largest absolute Gasteiger partial charge is 0.418 e. The highest BCUT2D eigenvalue weighted by Crippen LogP contribution is 2.44. The Morgan fingerprint density at radius 3 is 2.31 bits per heavy atom. The first-order valence-electron chi connectivity index (χ1n) is 9.43. The van der Waals surface area contributed by atoms with Gasteiger partial charge in [0.15, 0.2) is 5.75 Å². The standard InChI is InChI=1S/C23H17ClN2O5S/c1-13(27)23(28)31-21-15-9-5-6-10-18(15)26-20(21)16-11-12-17(24)22(19(16)25)32(29,30)14-7-3-2-4-8-14/h2-12,26H,25H2,1H3. The predicted octanol–water partition coefficient (Wildman–Crippen LogP) is 4.40. The Kier molecular flexibility index (Phi) is 5.50. The molecule has 3 aromatic carbocycles. The number of nitrogen functional groups attached to an aromatic ring is 1. The SMILES string of the molecule is CC(=O)C(=O)Oc1c(-c2ccc(Cl)c(S(=O)(=O)c3ccccc3)c2N)[nH]c2ccccc12. The van der Waals surface area contributed by atoms with Gasteiger partial charge in [-0.1, -0.05) is 41.9 Å². The maximum absolute atomic E-state index is 13.3. The molecule has 0 atom stereocenters. The van der Waals surface area contributed by atoms with Crippen LogP contribution in [0.15, 0.2) is 76.5 Å². The highest BCUT2D eigenvalue weighted by Gasteiger charge is 2.28. The molecule has 4 aromatic rings. The highest BCUT2D eigenvalue weighted by atomic mass is 35.5. The molecule has 0 spiro atoms. The van der Waals surface area contributed by atoms with E-state index < -0.39 is 21.6 Å². The molecule has 0 radical (unpaired) electrons. The molecular formula is C23H17ClN2O5S. The van der Waals surface area contributed by atoms with Crippen molar-refractivity contribution in [2.24, 2.45) is 0 Å². The number of carbonyl (C=O) groups is 2. The zero-order valence-electron chi connectivity index (χ0n) is 16.8. The number of hydrogen-bond donors (Lipinski definition) is 2. The molecular weight excluding hydrogens is 452 g/mol. The Morgan fingerprint density at radius 2 is 1.62 bits per heavy atom. The zero-order chi connectivity index (χ0) is 23.0. The molecule has 0 amide bonds. The van der Waals surface area contributed by atoms with Crippen LogP contribution in [0.2, 0.25) is 5.02 Å². The number of esters is 1. The molecule has 0 saturated carbocycles. The monoisotopic (exact) mass is 468 g/mol. The molecule has 1 heterocycles. The van der Waals surface area contributed by atoms with Gasteiger partial charge in [0.2, 0.25) is 15.6 Å². The van der Waals surface area contributed by atoms with Crippen LogP contribution < -0.4 is 10.5 Å². The molecule has 0 saturated heterocycles. The van der Waals surface area contributed by atoms with Gasteiger partial charge in [-0.2, -0.15) is 0 Å². The molecule has 162 valence electrons. The van der Waals surface area contributed by atoms with Crippen molar-refractivity contribution in [3.8, 4) is 17.0 Å². The lowest BCUT2D eigenvalue weighted by Crippen LogP contribution is -2.17. The van der Waals surface area contributed by atoms with E-state index in [1.165, 1.54) is 24.3 Å². The van der Waals surface area contributed by atoms with Crippen molar-refractivity contribution < 1.29 is 22.7 Å². The number of benzene rings is 3. The van der Waals surface area contributed by atoms with E-state index in [9.17, 15) is 18.0 Å². The third-order valence-corrected chi connectivity index (χ3v) is 7.18. The number of hydrogen-bond acceptors (Lipinski definition) is 6. The van der Waals surface area contributed by atoms with Crippen LogP contribution in [-0.2, 0) is 19.4 Å². The first-order valence-corrected chi connectivity index (χ1v) is 11.3. The number of anilines is 1. The number of para-hydroxylation sites is 1. The Labute approximate surface area is 188 Å². The number of carbonyl (C=O) groups excluding carboxylic acids is 2. The van der Waals surface area contributed by atoms with E-state index in [0.29, 0.717) is 10.9 Å². The topological polar surface area (TPSA) is 119 Å². The second-order valence-electron chi connectivity index (χ2n) is 6.97. The number of rotatable bonds is 5. The quantitative estimate of drug-likeness (QED) is 0.254. The van der Waals surface area contributed by atoms with E-state index >= 15 is 0 Å². The van der Waals surface area contributed by atoms with E-state index in [2.05, 4.69) is 4.98 Å². The van der Waals surface area contributed by atoms with E-state index in [1.807, 2.05) is 0 Å². The molecule has 32 heavy (non-hydrogen) atoms. The maximum atomic E-state index is 13.3. The first kappa shape index (κ1) is 21.6. The Hall–Kier alpha value is -3.62. The zero-order valence-corrected chi connectivity index (χ0v) is 18.3. The summed E-state index contributed by atoms with van der Waals surface area (Å²) in [7, 11) is -4.04. The molecule has 0 aliphatic heterocycles. The second kappa shape index (κ2) is 8.14. The molecule has 3 N–H and O–H groups in total. The van der Waals surface area contributed by atoms with Gasteiger partial charge in [0.05, 0.1) is 21.3 Å². The highest BCUT2D eigenvalue weighted by molar-refractivity contribution is 7.91. The van der Waals surface area contributed by atoms with Gasteiger partial charge < -0.3 is 15.5 Å². The van der Waals surface area contributed by atoms with Crippen LogP contribution in [0.4, 0.5) is 5.69 Å². The minimum absolute atomic E-state index is 0.0330. The van der Waals surface area contributed by atoms with Crippen molar-refractivity contribution in [3.05, 3.63) is 71.8 Å². The van der Waals surface area contributed by atoms with Crippen molar-refractivity contribution in [2.75, 3.05) is 5.73 Å². The number of halogens is 1. The number of sulfone groups is 1. The summed E-state index contributed by atoms with van der Waals surface area (Å²) >= 11 is 6.27. The Morgan fingerprint density at radius 1 is 0.969 bits per heavy atom. The molecule has 0 aliphatic carbocycles. The van der Waals surface area contributed by atoms with Crippen LogP contribution >= 0.6 is 11.6 Å². The first-order chi connectivity index (χ1) is 15.2. The number of H-pyrrole nitrogens is 1. The van der Waals surface area contributed by atoms with Crippen LogP contribution in [0.1, 0.15) is 6.92 Å². The Balaban J connectivity index is 1.97. The van der Waals surface area contributed by atoms with Gasteiger partial charge in [-0.3, -0.25) is 4.79 Å². The predicted molar refractivity (Wildman–Crippen MR) is 121 cm³/mol. The summed E-state index contributed by atoms with van der Waals surface area (Å²) in [6.07, 6.45) is 0. The molecule has 0 aliphatic rings. The number of fused-ring (bicyclic) bond motifs is 1. The molecule has 9 heteroatoms.